The van der Waals surface area contributed by atoms with Crippen molar-refractivity contribution in [2.24, 2.45) is 17.8 Å². The summed E-state index contributed by atoms with van der Waals surface area (Å²) in [6, 6.07) is 5.09. The first-order valence-electron chi connectivity index (χ1n) is 9.15. The molecule has 7 nitrogen and oxygen atoms in total. The van der Waals surface area contributed by atoms with Gasteiger partial charge in [-0.05, 0) is 30.7 Å². The van der Waals surface area contributed by atoms with Crippen LogP contribution in [0.1, 0.15) is 46.5 Å². The Labute approximate surface area is 153 Å². The molecule has 0 radical (unpaired) electrons. The van der Waals surface area contributed by atoms with Crippen molar-refractivity contribution in [3.8, 4) is 0 Å². The van der Waals surface area contributed by atoms with E-state index in [0.717, 1.165) is 25.7 Å². The van der Waals surface area contributed by atoms with Crippen LogP contribution < -0.4 is 10.6 Å². The number of hydrogen-bond donors (Lipinski definition) is 2. The van der Waals surface area contributed by atoms with Crippen molar-refractivity contribution in [3.63, 3.8) is 0 Å². The zero-order chi connectivity index (χ0) is 19.3. The molecule has 0 saturated heterocycles. The number of nitrogens with zero attached hydrogens (tertiary/aromatic N) is 1. The third kappa shape index (κ3) is 5.03. The van der Waals surface area contributed by atoms with E-state index in [1.54, 1.807) is 6.07 Å². The van der Waals surface area contributed by atoms with Gasteiger partial charge in [-0.2, -0.15) is 0 Å². The highest BCUT2D eigenvalue weighted by Gasteiger charge is 2.32. The van der Waals surface area contributed by atoms with Crippen molar-refractivity contribution in [1.82, 2.24) is 5.32 Å². The van der Waals surface area contributed by atoms with Gasteiger partial charge >= 0.3 is 0 Å². The van der Waals surface area contributed by atoms with Gasteiger partial charge in [0.15, 0.2) is 0 Å². The molecule has 0 aromatic heterocycles. The number of carbonyl (C=O) groups is 2. The maximum absolute atomic E-state index is 12.6. The maximum Gasteiger partial charge on any atom is 0.271 e. The first-order chi connectivity index (χ1) is 12.3. The van der Waals surface area contributed by atoms with E-state index in [0.29, 0.717) is 11.6 Å². The molecule has 1 aliphatic carbocycles. The number of amides is 2. The van der Waals surface area contributed by atoms with Gasteiger partial charge in [-0.3, -0.25) is 19.7 Å². The standard InChI is InChI=1S/C19H27N3O4/c1-12(2)17(21-18(23)16-10-5-4-7-13(16)3)19(24)20-14-8-6-9-15(11-14)22(25)26/h6,8-9,11-13,16-17H,4-5,7,10H2,1-3H3,(H,20,24)(H,21,23)/t13-,16-,17-/m0/s1. The fourth-order valence-corrected chi connectivity index (χ4v) is 3.42. The van der Waals surface area contributed by atoms with Gasteiger partial charge < -0.3 is 10.6 Å². The fourth-order valence-electron chi connectivity index (χ4n) is 3.42. The molecule has 7 heteroatoms. The lowest BCUT2D eigenvalue weighted by atomic mass is 9.79. The van der Waals surface area contributed by atoms with Gasteiger partial charge in [0.05, 0.1) is 4.92 Å². The minimum absolute atomic E-state index is 0.0596. The molecule has 0 bridgehead atoms. The average molecular weight is 361 g/mol. The second-order valence-corrected chi connectivity index (χ2v) is 7.40. The highest BCUT2D eigenvalue weighted by Crippen LogP contribution is 2.30. The molecule has 0 unspecified atom stereocenters. The first-order valence-corrected chi connectivity index (χ1v) is 9.15. The van der Waals surface area contributed by atoms with Gasteiger partial charge in [-0.15, -0.1) is 0 Å². The van der Waals surface area contributed by atoms with Crippen molar-refractivity contribution in [2.45, 2.75) is 52.5 Å². The summed E-state index contributed by atoms with van der Waals surface area (Å²) >= 11 is 0. The molecule has 1 aromatic rings. The number of rotatable bonds is 6. The lowest BCUT2D eigenvalue weighted by molar-refractivity contribution is -0.384. The Kier molecular flexibility index (Phi) is 6.71. The summed E-state index contributed by atoms with van der Waals surface area (Å²) in [5.74, 6) is -0.286. The van der Waals surface area contributed by atoms with Gasteiger partial charge in [-0.1, -0.05) is 39.7 Å². The van der Waals surface area contributed by atoms with Crippen molar-refractivity contribution < 1.29 is 14.5 Å². The van der Waals surface area contributed by atoms with Crippen LogP contribution in [-0.2, 0) is 9.59 Å². The van der Waals surface area contributed by atoms with Gasteiger partial charge in [0.25, 0.3) is 5.69 Å². The summed E-state index contributed by atoms with van der Waals surface area (Å²) in [6.45, 7) is 5.81. The number of hydrogen-bond acceptors (Lipinski definition) is 4. The van der Waals surface area contributed by atoms with Crippen LogP contribution in [0.3, 0.4) is 0 Å². The Hall–Kier alpha value is -2.44. The van der Waals surface area contributed by atoms with E-state index in [1.807, 2.05) is 13.8 Å². The molecule has 26 heavy (non-hydrogen) atoms. The predicted molar refractivity (Wildman–Crippen MR) is 99.6 cm³/mol. The summed E-state index contributed by atoms with van der Waals surface area (Å²) in [5, 5.41) is 16.4. The van der Waals surface area contributed by atoms with Crippen LogP contribution in [0.5, 0.6) is 0 Å². The number of non-ortho nitro benzene ring substituents is 1. The van der Waals surface area contributed by atoms with Crippen LogP contribution in [-0.4, -0.2) is 22.8 Å². The Morgan fingerprint density at radius 2 is 1.92 bits per heavy atom. The third-order valence-electron chi connectivity index (χ3n) is 5.02. The van der Waals surface area contributed by atoms with Crippen molar-refractivity contribution in [2.75, 3.05) is 5.32 Å². The molecular weight excluding hydrogens is 334 g/mol. The zero-order valence-corrected chi connectivity index (χ0v) is 15.5. The molecule has 0 heterocycles. The summed E-state index contributed by atoms with van der Waals surface area (Å²) in [6.07, 6.45) is 4.06. The monoisotopic (exact) mass is 361 g/mol. The van der Waals surface area contributed by atoms with E-state index in [4.69, 9.17) is 0 Å². The van der Waals surface area contributed by atoms with E-state index in [9.17, 15) is 19.7 Å². The van der Waals surface area contributed by atoms with Crippen molar-refractivity contribution in [3.05, 3.63) is 34.4 Å². The number of anilines is 1. The molecule has 1 aromatic carbocycles. The maximum atomic E-state index is 12.6. The van der Waals surface area contributed by atoms with Crippen molar-refractivity contribution in [1.29, 1.82) is 0 Å². The van der Waals surface area contributed by atoms with Gasteiger partial charge in [-0.25, -0.2) is 0 Å². The van der Waals surface area contributed by atoms with Gasteiger partial charge in [0.1, 0.15) is 6.04 Å². The number of nitrogens with one attached hydrogen (secondary N) is 2. The number of nitro benzene ring substituents is 1. The average Bonchev–Trinajstić information content (AvgIpc) is 2.59. The normalized spacial score (nSPS) is 21.1. The van der Waals surface area contributed by atoms with Crippen molar-refractivity contribution >= 4 is 23.2 Å². The van der Waals surface area contributed by atoms with Crippen LogP contribution in [0.15, 0.2) is 24.3 Å². The third-order valence-corrected chi connectivity index (χ3v) is 5.02. The lowest BCUT2D eigenvalue weighted by Crippen LogP contribution is -2.50. The molecule has 2 amide bonds. The molecule has 3 atom stereocenters. The van der Waals surface area contributed by atoms with Crippen LogP contribution in [0, 0.1) is 27.9 Å². The zero-order valence-electron chi connectivity index (χ0n) is 15.5. The van der Waals surface area contributed by atoms with Gasteiger partial charge in [0, 0.05) is 23.7 Å². The Morgan fingerprint density at radius 3 is 2.54 bits per heavy atom. The second kappa shape index (κ2) is 8.78. The summed E-state index contributed by atoms with van der Waals surface area (Å²) < 4.78 is 0. The Bertz CT molecular complexity index is 675. The highest BCUT2D eigenvalue weighted by atomic mass is 16.6. The van der Waals surface area contributed by atoms with E-state index in [1.165, 1.54) is 18.2 Å². The topological polar surface area (TPSA) is 101 Å². The van der Waals surface area contributed by atoms with Crippen LogP contribution in [0.2, 0.25) is 0 Å². The largest absolute Gasteiger partial charge is 0.344 e. The number of carbonyl (C=O) groups excluding carboxylic acids is 2. The van der Waals surface area contributed by atoms with E-state index < -0.39 is 11.0 Å². The lowest BCUT2D eigenvalue weighted by Gasteiger charge is -2.30. The van der Waals surface area contributed by atoms with Crippen LogP contribution >= 0.6 is 0 Å². The van der Waals surface area contributed by atoms with E-state index >= 15 is 0 Å². The second-order valence-electron chi connectivity index (χ2n) is 7.40. The molecule has 2 rings (SSSR count). The minimum Gasteiger partial charge on any atom is -0.344 e. The molecule has 0 spiro atoms. The quantitative estimate of drug-likeness (QED) is 0.598. The number of nitro groups is 1. The first kappa shape index (κ1) is 19.9. The van der Waals surface area contributed by atoms with Gasteiger partial charge in [0.2, 0.25) is 11.8 Å². The van der Waals surface area contributed by atoms with E-state index in [-0.39, 0.29) is 29.3 Å². The molecule has 1 aliphatic rings. The molecular formula is C19H27N3O4. The number of benzene rings is 1. The minimum atomic E-state index is -0.684. The Morgan fingerprint density at radius 1 is 1.23 bits per heavy atom. The molecule has 1 fully saturated rings. The van der Waals surface area contributed by atoms with E-state index in [2.05, 4.69) is 17.6 Å². The highest BCUT2D eigenvalue weighted by molar-refractivity contribution is 5.97. The summed E-state index contributed by atoms with van der Waals surface area (Å²) in [7, 11) is 0. The molecule has 1 saturated carbocycles. The summed E-state index contributed by atoms with van der Waals surface area (Å²) in [4.78, 5) is 35.6. The molecule has 0 aliphatic heterocycles. The fraction of sp³-hybridized carbons (Fsp3) is 0.579. The SMILES string of the molecule is CC(C)[C@H](NC(=O)[C@H]1CCCC[C@@H]1C)C(=O)Nc1cccc([N+](=O)[O-])c1. The van der Waals surface area contributed by atoms with Crippen LogP contribution in [0.4, 0.5) is 11.4 Å². The summed E-state index contributed by atoms with van der Waals surface area (Å²) in [5.41, 5.74) is 0.249. The Balaban J connectivity index is 2.06. The molecule has 142 valence electrons. The van der Waals surface area contributed by atoms with Crippen LogP contribution in [0.25, 0.3) is 0 Å². The molecule has 2 N–H and O–H groups in total. The predicted octanol–water partition coefficient (Wildman–Crippen LogP) is 3.50. The smallest absolute Gasteiger partial charge is 0.271 e.